The van der Waals surface area contributed by atoms with Crippen LogP contribution in [-0.4, -0.2) is 60.2 Å². The molecule has 26 heavy (non-hydrogen) atoms. The number of piperidine rings is 1. The highest BCUT2D eigenvalue weighted by Gasteiger charge is 2.36. The van der Waals surface area contributed by atoms with Gasteiger partial charge in [-0.3, -0.25) is 9.79 Å². The third-order valence-electron chi connectivity index (χ3n) is 6.30. The highest BCUT2D eigenvalue weighted by Crippen LogP contribution is 2.36. The van der Waals surface area contributed by atoms with E-state index in [4.69, 9.17) is 4.99 Å². The zero-order valence-corrected chi connectivity index (χ0v) is 16.5. The van der Waals surface area contributed by atoms with Gasteiger partial charge in [-0.2, -0.15) is 0 Å². The summed E-state index contributed by atoms with van der Waals surface area (Å²) in [5.74, 6) is 1.53. The monoisotopic (exact) mass is 364 g/mol. The molecule has 0 spiro atoms. The summed E-state index contributed by atoms with van der Waals surface area (Å²) in [6.45, 7) is 7.41. The first kappa shape index (κ1) is 19.5. The van der Waals surface area contributed by atoms with Crippen LogP contribution in [0.25, 0.3) is 0 Å². The summed E-state index contributed by atoms with van der Waals surface area (Å²) >= 11 is 0. The molecule has 0 aromatic heterocycles. The van der Waals surface area contributed by atoms with Crippen molar-refractivity contribution in [3.63, 3.8) is 0 Å². The van der Waals surface area contributed by atoms with Gasteiger partial charge in [0.15, 0.2) is 5.96 Å². The Balaban J connectivity index is 1.50. The highest BCUT2D eigenvalue weighted by atomic mass is 16.3. The normalized spacial score (nSPS) is 31.0. The van der Waals surface area contributed by atoms with Crippen molar-refractivity contribution < 1.29 is 9.90 Å². The Labute approximate surface area is 157 Å². The maximum Gasteiger partial charge on any atom is 0.225 e. The average Bonchev–Trinajstić information content (AvgIpc) is 3.48. The van der Waals surface area contributed by atoms with E-state index in [2.05, 4.69) is 24.5 Å². The van der Waals surface area contributed by atoms with Crippen molar-refractivity contribution in [3.8, 4) is 0 Å². The van der Waals surface area contributed by atoms with Gasteiger partial charge in [-0.25, -0.2) is 0 Å². The zero-order valence-electron chi connectivity index (χ0n) is 16.5. The topological polar surface area (TPSA) is 77.0 Å². The summed E-state index contributed by atoms with van der Waals surface area (Å²) in [6.07, 6.45) is 8.10. The van der Waals surface area contributed by atoms with Gasteiger partial charge in [-0.15, -0.1) is 0 Å². The van der Waals surface area contributed by atoms with E-state index in [1.54, 1.807) is 0 Å². The van der Waals surface area contributed by atoms with E-state index in [1.807, 2.05) is 4.90 Å². The third kappa shape index (κ3) is 4.90. The first-order chi connectivity index (χ1) is 12.5. The Bertz CT molecular complexity index is 512. The maximum atomic E-state index is 12.2. The molecule has 2 atom stereocenters. The van der Waals surface area contributed by atoms with Crippen LogP contribution in [0.2, 0.25) is 0 Å². The molecule has 1 amide bonds. The number of aliphatic hydroxyl groups is 1. The summed E-state index contributed by atoms with van der Waals surface area (Å²) in [6, 6.07) is 0.361. The molecule has 2 aliphatic carbocycles. The maximum absolute atomic E-state index is 12.2. The van der Waals surface area contributed by atoms with E-state index in [0.717, 1.165) is 70.5 Å². The van der Waals surface area contributed by atoms with Crippen molar-refractivity contribution in [1.29, 1.82) is 0 Å². The molecule has 1 saturated heterocycles. The lowest BCUT2D eigenvalue weighted by molar-refractivity contribution is -0.133. The standard InChI is InChI=1S/C20H36N4O2/c1-3-21-19(22-14-20(2)11-5-4-6-17(20)25)23-16-9-12-24(13-10-16)18(26)15-7-8-15/h15-17,25H,3-14H2,1-2H3,(H2,21,22,23). The number of likely N-dealkylation sites (tertiary alicyclic amines) is 1. The van der Waals surface area contributed by atoms with E-state index < -0.39 is 0 Å². The lowest BCUT2D eigenvalue weighted by Gasteiger charge is -2.37. The molecule has 3 aliphatic rings. The van der Waals surface area contributed by atoms with Crippen LogP contribution in [0.4, 0.5) is 0 Å². The molecule has 0 aromatic carbocycles. The molecule has 0 radical (unpaired) electrons. The molecule has 1 aliphatic heterocycles. The minimum atomic E-state index is -0.250. The van der Waals surface area contributed by atoms with Gasteiger partial charge in [0, 0.05) is 37.0 Å². The molecule has 3 fully saturated rings. The fourth-order valence-electron chi connectivity index (χ4n) is 4.17. The Morgan fingerprint density at radius 3 is 2.54 bits per heavy atom. The molecule has 2 unspecified atom stereocenters. The Kier molecular flexibility index (Phi) is 6.43. The van der Waals surface area contributed by atoms with Crippen LogP contribution >= 0.6 is 0 Å². The van der Waals surface area contributed by atoms with Crippen LogP contribution in [0, 0.1) is 11.3 Å². The van der Waals surface area contributed by atoms with Crippen molar-refractivity contribution in [2.45, 2.75) is 77.4 Å². The van der Waals surface area contributed by atoms with Gasteiger partial charge in [0.2, 0.25) is 5.91 Å². The lowest BCUT2D eigenvalue weighted by atomic mass is 9.73. The summed E-state index contributed by atoms with van der Waals surface area (Å²) in [5.41, 5.74) is -0.110. The molecular weight excluding hydrogens is 328 g/mol. The second kappa shape index (κ2) is 8.59. The van der Waals surface area contributed by atoms with Crippen LogP contribution in [-0.2, 0) is 4.79 Å². The number of nitrogens with one attached hydrogen (secondary N) is 2. The second-order valence-corrected chi connectivity index (χ2v) is 8.63. The number of aliphatic imine (C=N–C) groups is 1. The zero-order chi connectivity index (χ0) is 18.6. The van der Waals surface area contributed by atoms with Crippen molar-refractivity contribution in [3.05, 3.63) is 0 Å². The summed E-state index contributed by atoms with van der Waals surface area (Å²) in [7, 11) is 0. The minimum Gasteiger partial charge on any atom is -0.392 e. The third-order valence-corrected chi connectivity index (χ3v) is 6.30. The Hall–Kier alpha value is -1.30. The first-order valence-electron chi connectivity index (χ1n) is 10.5. The molecule has 1 heterocycles. The van der Waals surface area contributed by atoms with Gasteiger partial charge in [0.25, 0.3) is 0 Å². The number of hydrogen-bond donors (Lipinski definition) is 3. The smallest absolute Gasteiger partial charge is 0.225 e. The van der Waals surface area contributed by atoms with Crippen molar-refractivity contribution in [2.24, 2.45) is 16.3 Å². The average molecular weight is 365 g/mol. The van der Waals surface area contributed by atoms with Crippen LogP contribution in [0.3, 0.4) is 0 Å². The summed E-state index contributed by atoms with van der Waals surface area (Å²) < 4.78 is 0. The quantitative estimate of drug-likeness (QED) is 0.514. The predicted molar refractivity (Wildman–Crippen MR) is 104 cm³/mol. The SMILES string of the molecule is CCNC(=NCC1(C)CCCCC1O)NC1CCN(C(=O)C2CC2)CC1. The second-order valence-electron chi connectivity index (χ2n) is 8.63. The molecule has 6 nitrogen and oxygen atoms in total. The molecule has 3 rings (SSSR count). The lowest BCUT2D eigenvalue weighted by Crippen LogP contribution is -2.50. The van der Waals surface area contributed by atoms with E-state index in [9.17, 15) is 9.90 Å². The number of carbonyl (C=O) groups excluding carboxylic acids is 1. The van der Waals surface area contributed by atoms with Gasteiger partial charge in [0.1, 0.15) is 0 Å². The van der Waals surface area contributed by atoms with Crippen LogP contribution in [0.1, 0.15) is 65.2 Å². The number of guanidine groups is 1. The van der Waals surface area contributed by atoms with Crippen molar-refractivity contribution >= 4 is 11.9 Å². The summed E-state index contributed by atoms with van der Waals surface area (Å²) in [5, 5.41) is 17.3. The molecule has 6 heteroatoms. The molecule has 2 saturated carbocycles. The summed E-state index contributed by atoms with van der Waals surface area (Å²) in [4.78, 5) is 19.0. The molecule has 0 bridgehead atoms. The van der Waals surface area contributed by atoms with Crippen molar-refractivity contribution in [2.75, 3.05) is 26.2 Å². The predicted octanol–water partition coefficient (Wildman–Crippen LogP) is 1.88. The van der Waals surface area contributed by atoms with Crippen LogP contribution < -0.4 is 10.6 Å². The fourth-order valence-corrected chi connectivity index (χ4v) is 4.17. The molecular formula is C20H36N4O2. The molecule has 0 aromatic rings. The van der Waals surface area contributed by atoms with E-state index >= 15 is 0 Å². The van der Waals surface area contributed by atoms with Gasteiger partial charge in [0.05, 0.1) is 12.6 Å². The number of nitrogens with zero attached hydrogens (tertiary/aromatic N) is 2. The molecule has 148 valence electrons. The minimum absolute atomic E-state index is 0.110. The van der Waals surface area contributed by atoms with Crippen LogP contribution in [0.5, 0.6) is 0 Å². The number of amides is 1. The largest absolute Gasteiger partial charge is 0.392 e. The Morgan fingerprint density at radius 2 is 1.92 bits per heavy atom. The number of rotatable bonds is 5. The highest BCUT2D eigenvalue weighted by molar-refractivity contribution is 5.81. The van der Waals surface area contributed by atoms with Gasteiger partial charge in [-0.1, -0.05) is 19.8 Å². The van der Waals surface area contributed by atoms with E-state index in [0.29, 0.717) is 24.4 Å². The van der Waals surface area contributed by atoms with Gasteiger partial charge >= 0.3 is 0 Å². The van der Waals surface area contributed by atoms with E-state index in [-0.39, 0.29) is 11.5 Å². The fraction of sp³-hybridized carbons (Fsp3) is 0.900. The van der Waals surface area contributed by atoms with E-state index in [1.165, 1.54) is 6.42 Å². The Morgan fingerprint density at radius 1 is 1.19 bits per heavy atom. The van der Waals surface area contributed by atoms with Crippen LogP contribution in [0.15, 0.2) is 4.99 Å². The first-order valence-corrected chi connectivity index (χ1v) is 10.5. The molecule has 3 N–H and O–H groups in total. The number of carbonyl (C=O) groups is 1. The van der Waals surface area contributed by atoms with Gasteiger partial charge < -0.3 is 20.6 Å². The van der Waals surface area contributed by atoms with Crippen molar-refractivity contribution in [1.82, 2.24) is 15.5 Å². The number of hydrogen-bond acceptors (Lipinski definition) is 3. The number of aliphatic hydroxyl groups excluding tert-OH is 1. The van der Waals surface area contributed by atoms with Gasteiger partial charge in [-0.05, 0) is 45.4 Å².